The Labute approximate surface area is 333 Å². The Morgan fingerprint density at radius 2 is 0.810 bits per heavy atom. The number of para-hydroxylation sites is 5. The van der Waals surface area contributed by atoms with Crippen LogP contribution in [0.5, 0.6) is 11.5 Å². The van der Waals surface area contributed by atoms with Crippen molar-refractivity contribution < 1.29 is 4.74 Å². The Balaban J connectivity index is 1.04. The fraction of sp³-hybridized carbons (Fsp3) is 0. The zero-order valence-electron chi connectivity index (χ0n) is 31.3. The Bertz CT molecular complexity index is 3640. The van der Waals surface area contributed by atoms with Crippen molar-refractivity contribution in [3.8, 4) is 50.8 Å². The lowest BCUT2D eigenvalue weighted by Crippen LogP contribution is -2.04. The molecule has 9 aromatic carbocycles. The second-order valence-corrected chi connectivity index (χ2v) is 15.3. The lowest BCUT2D eigenvalue weighted by molar-refractivity contribution is 0.476. The number of benzene rings is 9. The molecular weight excluding hydrogens is 707 g/mol. The monoisotopic (exact) mass is 739 g/mol. The summed E-state index contributed by atoms with van der Waals surface area (Å²) in [6.07, 6.45) is 0. The minimum atomic E-state index is 0.870. The molecule has 0 radical (unpaired) electrons. The molecule has 0 amide bonds. The number of ether oxygens (including phenoxy) is 1. The molecule has 4 heteroatoms. The average molecular weight is 740 g/mol. The summed E-state index contributed by atoms with van der Waals surface area (Å²) in [5.41, 5.74) is 15.2. The van der Waals surface area contributed by atoms with E-state index >= 15 is 0 Å². The predicted octanol–water partition coefficient (Wildman–Crippen LogP) is 14.4. The highest BCUT2D eigenvalue weighted by Crippen LogP contribution is 2.48. The minimum Gasteiger partial charge on any atom is -0.453 e. The summed E-state index contributed by atoms with van der Waals surface area (Å²) in [6, 6.07) is 72.5. The topological polar surface area (TPSA) is 24.0 Å². The van der Waals surface area contributed by atoms with Gasteiger partial charge in [0.15, 0.2) is 11.5 Å². The van der Waals surface area contributed by atoms with Crippen LogP contribution in [0.3, 0.4) is 0 Å². The Hall–Kier alpha value is -7.82. The largest absolute Gasteiger partial charge is 0.453 e. The van der Waals surface area contributed by atoms with Crippen molar-refractivity contribution in [3.05, 3.63) is 200 Å². The number of hydrogen-bond donors (Lipinski definition) is 0. The van der Waals surface area contributed by atoms with Crippen molar-refractivity contribution in [2.45, 2.75) is 0 Å². The first-order valence-electron chi connectivity index (χ1n) is 19.8. The smallest absolute Gasteiger partial charge is 0.152 e. The number of aromatic nitrogens is 3. The molecule has 0 aliphatic carbocycles. The van der Waals surface area contributed by atoms with Crippen molar-refractivity contribution in [3.63, 3.8) is 0 Å². The van der Waals surface area contributed by atoms with Crippen molar-refractivity contribution in [1.82, 2.24) is 13.7 Å². The van der Waals surface area contributed by atoms with E-state index < -0.39 is 0 Å². The number of fused-ring (bicyclic) bond motifs is 11. The van der Waals surface area contributed by atoms with E-state index in [1.807, 2.05) is 6.07 Å². The normalized spacial score (nSPS) is 12.3. The van der Waals surface area contributed by atoms with E-state index in [4.69, 9.17) is 4.74 Å². The van der Waals surface area contributed by atoms with E-state index in [9.17, 15) is 0 Å². The van der Waals surface area contributed by atoms with Crippen LogP contribution in [0.2, 0.25) is 0 Å². The first-order valence-corrected chi connectivity index (χ1v) is 19.8. The first kappa shape index (κ1) is 31.4. The number of nitrogens with zero attached hydrogens (tertiary/aromatic N) is 3. The zero-order chi connectivity index (χ0) is 37.9. The Morgan fingerprint density at radius 3 is 1.52 bits per heavy atom. The standard InChI is InChI=1S/C54H33N3O/c1-3-13-34(14-4-1)35-23-26-46-42(31-35)43-33-37(24-27-47(43)55(46)38-15-5-2-6-16-38)36-25-28-48-41(32-36)39-17-7-9-19-44(39)56(48)50-29-30-52-54-53(50)40-18-8-10-20-45(40)57(54)49-21-11-12-22-51(49)58-52/h1-33H. The molecule has 0 spiro atoms. The van der Waals surface area contributed by atoms with Gasteiger partial charge in [0.25, 0.3) is 0 Å². The van der Waals surface area contributed by atoms with E-state index in [2.05, 4.69) is 208 Å². The van der Waals surface area contributed by atoms with Gasteiger partial charge < -0.3 is 18.4 Å². The van der Waals surface area contributed by atoms with Gasteiger partial charge in [0, 0.05) is 38.0 Å². The van der Waals surface area contributed by atoms with E-state index in [1.54, 1.807) is 0 Å². The second kappa shape index (κ2) is 11.8. The second-order valence-electron chi connectivity index (χ2n) is 15.3. The molecule has 1 aliphatic heterocycles. The maximum absolute atomic E-state index is 6.57. The summed E-state index contributed by atoms with van der Waals surface area (Å²) < 4.78 is 13.8. The van der Waals surface area contributed by atoms with Gasteiger partial charge in [-0.05, 0) is 107 Å². The summed E-state index contributed by atoms with van der Waals surface area (Å²) in [7, 11) is 0. The Morgan fingerprint density at radius 1 is 0.293 bits per heavy atom. The summed E-state index contributed by atoms with van der Waals surface area (Å²) in [4.78, 5) is 0. The fourth-order valence-electron chi connectivity index (χ4n) is 9.70. The van der Waals surface area contributed by atoms with Gasteiger partial charge in [-0.2, -0.15) is 0 Å². The van der Waals surface area contributed by atoms with Gasteiger partial charge in [0.05, 0.1) is 44.5 Å². The molecule has 3 aromatic heterocycles. The van der Waals surface area contributed by atoms with Crippen molar-refractivity contribution in [2.75, 3.05) is 0 Å². The Kier molecular flexibility index (Phi) is 6.41. The molecular formula is C54H33N3O. The van der Waals surface area contributed by atoms with Gasteiger partial charge in [0.1, 0.15) is 0 Å². The molecule has 0 unspecified atom stereocenters. The summed E-state index contributed by atoms with van der Waals surface area (Å²) in [5, 5.41) is 7.32. The number of rotatable bonds is 4. The molecule has 4 heterocycles. The molecule has 58 heavy (non-hydrogen) atoms. The molecule has 0 N–H and O–H groups in total. The quantitative estimate of drug-likeness (QED) is 0.176. The van der Waals surface area contributed by atoms with Crippen LogP contribution in [0.25, 0.3) is 105 Å². The van der Waals surface area contributed by atoms with Gasteiger partial charge in [-0.3, -0.25) is 0 Å². The molecule has 13 rings (SSSR count). The van der Waals surface area contributed by atoms with Crippen LogP contribution in [-0.4, -0.2) is 13.7 Å². The van der Waals surface area contributed by atoms with Gasteiger partial charge in [-0.1, -0.05) is 115 Å². The van der Waals surface area contributed by atoms with Crippen LogP contribution in [0.4, 0.5) is 0 Å². The third-order valence-electron chi connectivity index (χ3n) is 12.2. The van der Waals surface area contributed by atoms with Crippen LogP contribution in [0, 0.1) is 0 Å². The maximum atomic E-state index is 6.57. The molecule has 0 saturated carbocycles. The average Bonchev–Trinajstić information content (AvgIpc) is 3.93. The molecule has 4 nitrogen and oxygen atoms in total. The highest BCUT2D eigenvalue weighted by Gasteiger charge is 2.27. The van der Waals surface area contributed by atoms with Gasteiger partial charge >= 0.3 is 0 Å². The highest BCUT2D eigenvalue weighted by molar-refractivity contribution is 6.19. The van der Waals surface area contributed by atoms with Crippen LogP contribution in [0.15, 0.2) is 200 Å². The molecule has 0 saturated heterocycles. The first-order chi connectivity index (χ1) is 28.8. The maximum Gasteiger partial charge on any atom is 0.152 e. The van der Waals surface area contributed by atoms with Crippen molar-refractivity contribution in [2.24, 2.45) is 0 Å². The lowest BCUT2D eigenvalue weighted by Gasteiger charge is -2.21. The molecule has 0 fully saturated rings. The molecule has 1 aliphatic rings. The summed E-state index contributed by atoms with van der Waals surface area (Å²) in [5.74, 6) is 1.74. The lowest BCUT2D eigenvalue weighted by atomic mass is 9.99. The SMILES string of the molecule is c1ccc(-c2ccc3c(c2)c2cc(-c4ccc5c(c4)c4ccccc4n5-c4ccc5c6c4c4ccccc4n6-c4ccccc4O5)ccc2n3-c2ccccc2)cc1. The molecule has 12 aromatic rings. The van der Waals surface area contributed by atoms with E-state index in [1.165, 1.54) is 82.2 Å². The van der Waals surface area contributed by atoms with Gasteiger partial charge in [0.2, 0.25) is 0 Å². The highest BCUT2D eigenvalue weighted by atomic mass is 16.5. The fourth-order valence-corrected chi connectivity index (χ4v) is 9.70. The third kappa shape index (κ3) is 4.34. The van der Waals surface area contributed by atoms with E-state index in [0.29, 0.717) is 0 Å². The zero-order valence-corrected chi connectivity index (χ0v) is 31.3. The van der Waals surface area contributed by atoms with Crippen LogP contribution in [0.1, 0.15) is 0 Å². The molecule has 270 valence electrons. The third-order valence-corrected chi connectivity index (χ3v) is 12.2. The van der Waals surface area contributed by atoms with Crippen LogP contribution in [-0.2, 0) is 0 Å². The predicted molar refractivity (Wildman–Crippen MR) is 240 cm³/mol. The van der Waals surface area contributed by atoms with Crippen molar-refractivity contribution in [1.29, 1.82) is 0 Å². The minimum absolute atomic E-state index is 0.870. The number of hydrogen-bond acceptors (Lipinski definition) is 1. The van der Waals surface area contributed by atoms with Crippen LogP contribution < -0.4 is 4.74 Å². The molecule has 0 bridgehead atoms. The van der Waals surface area contributed by atoms with E-state index in [-0.39, 0.29) is 0 Å². The van der Waals surface area contributed by atoms with E-state index in [0.717, 1.165) is 34.1 Å². The van der Waals surface area contributed by atoms with Gasteiger partial charge in [-0.25, -0.2) is 0 Å². The summed E-state index contributed by atoms with van der Waals surface area (Å²) in [6.45, 7) is 0. The summed E-state index contributed by atoms with van der Waals surface area (Å²) >= 11 is 0. The van der Waals surface area contributed by atoms with Crippen LogP contribution >= 0.6 is 0 Å². The van der Waals surface area contributed by atoms with Crippen molar-refractivity contribution >= 4 is 65.4 Å². The molecule has 0 atom stereocenters. The van der Waals surface area contributed by atoms with Gasteiger partial charge in [-0.15, -0.1) is 0 Å².